The molecule has 0 radical (unpaired) electrons. The van der Waals surface area contributed by atoms with Gasteiger partial charge in [0, 0.05) is 42.5 Å². The summed E-state index contributed by atoms with van der Waals surface area (Å²) in [5, 5.41) is 7.29. The van der Waals surface area contributed by atoms with Crippen LogP contribution in [-0.4, -0.2) is 42.9 Å². The van der Waals surface area contributed by atoms with Crippen molar-refractivity contribution in [3.63, 3.8) is 0 Å². The lowest BCUT2D eigenvalue weighted by Crippen LogP contribution is -2.35. The first-order chi connectivity index (χ1) is 16.5. The fourth-order valence-corrected chi connectivity index (χ4v) is 4.55. The monoisotopic (exact) mass is 488 g/mol. The van der Waals surface area contributed by atoms with Gasteiger partial charge in [0.25, 0.3) is 0 Å². The summed E-state index contributed by atoms with van der Waals surface area (Å²) in [5.74, 6) is -0.0647. The second kappa shape index (κ2) is 10.3. The van der Waals surface area contributed by atoms with Crippen molar-refractivity contribution in [2.75, 3.05) is 30.9 Å². The van der Waals surface area contributed by atoms with Gasteiger partial charge in [0.15, 0.2) is 5.78 Å². The summed E-state index contributed by atoms with van der Waals surface area (Å²) >= 11 is 0. The number of amides is 1. The summed E-state index contributed by atoms with van der Waals surface area (Å²) in [7, 11) is 3.95. The van der Waals surface area contributed by atoms with Crippen LogP contribution >= 0.6 is 12.4 Å². The smallest absolute Gasteiger partial charge is 0.241 e. The average Bonchev–Trinajstić information content (AvgIpc) is 3.53. The van der Waals surface area contributed by atoms with Crippen LogP contribution in [0.5, 0.6) is 0 Å². The molecule has 35 heavy (non-hydrogen) atoms. The lowest BCUT2D eigenvalue weighted by molar-refractivity contribution is -0.117. The number of anilines is 2. The Bertz CT molecular complexity index is 1360. The van der Waals surface area contributed by atoms with Gasteiger partial charge in [-0.05, 0) is 61.9 Å². The van der Waals surface area contributed by atoms with Gasteiger partial charge in [-0.25, -0.2) is 0 Å². The molecule has 1 aromatic heterocycles. The number of nitrogens with one attached hydrogen (secondary N) is 2. The van der Waals surface area contributed by atoms with Crippen LogP contribution in [0.2, 0.25) is 0 Å². The van der Waals surface area contributed by atoms with Gasteiger partial charge in [-0.3, -0.25) is 9.59 Å². The fourth-order valence-electron chi connectivity index (χ4n) is 4.55. The predicted molar refractivity (Wildman–Crippen MR) is 144 cm³/mol. The summed E-state index contributed by atoms with van der Waals surface area (Å²) < 4.78 is 1.99. The molecule has 1 amide bonds. The fraction of sp³-hybridized carbons (Fsp3) is 0.214. The van der Waals surface area contributed by atoms with Crippen LogP contribution in [0.1, 0.15) is 28.8 Å². The van der Waals surface area contributed by atoms with Crippen molar-refractivity contribution in [1.29, 1.82) is 0 Å². The molecule has 2 heterocycles. The maximum atomic E-state index is 13.5. The highest BCUT2D eigenvalue weighted by molar-refractivity contribution is 6.12. The molecule has 1 saturated heterocycles. The Balaban J connectivity index is 0.00000289. The molecule has 0 spiro atoms. The Morgan fingerprint density at radius 1 is 0.971 bits per heavy atom. The summed E-state index contributed by atoms with van der Waals surface area (Å²) in [6.45, 7) is 0.866. The molecule has 180 valence electrons. The van der Waals surface area contributed by atoms with Crippen molar-refractivity contribution in [3.8, 4) is 5.69 Å². The Kier molecular flexibility index (Phi) is 7.24. The molecule has 0 saturated carbocycles. The third kappa shape index (κ3) is 4.81. The number of fused-ring (bicyclic) bond motifs is 1. The summed E-state index contributed by atoms with van der Waals surface area (Å²) in [4.78, 5) is 28.3. The van der Waals surface area contributed by atoms with Crippen molar-refractivity contribution in [3.05, 3.63) is 90.1 Å². The number of carbonyl (C=O) groups is 2. The van der Waals surface area contributed by atoms with Gasteiger partial charge < -0.3 is 20.1 Å². The number of ketones is 1. The summed E-state index contributed by atoms with van der Waals surface area (Å²) in [5.41, 5.74) is 4.73. The molecule has 5 rings (SSSR count). The highest BCUT2D eigenvalue weighted by Gasteiger charge is 2.24. The van der Waals surface area contributed by atoms with E-state index in [9.17, 15) is 9.59 Å². The first-order valence-corrected chi connectivity index (χ1v) is 11.6. The first-order valence-electron chi connectivity index (χ1n) is 11.6. The van der Waals surface area contributed by atoms with Crippen LogP contribution in [0.25, 0.3) is 16.6 Å². The van der Waals surface area contributed by atoms with Gasteiger partial charge in [0.2, 0.25) is 5.91 Å². The zero-order valence-electron chi connectivity index (χ0n) is 19.8. The van der Waals surface area contributed by atoms with E-state index in [1.807, 2.05) is 103 Å². The molecule has 7 heteroatoms. The third-order valence-electron chi connectivity index (χ3n) is 6.40. The zero-order valence-corrected chi connectivity index (χ0v) is 20.6. The van der Waals surface area contributed by atoms with Crippen LogP contribution in [0.15, 0.2) is 79.0 Å². The minimum atomic E-state index is -0.166. The molecular formula is C28H29ClN4O2. The second-order valence-corrected chi connectivity index (χ2v) is 8.86. The molecule has 4 aromatic rings. The molecule has 1 atom stereocenters. The topological polar surface area (TPSA) is 66.4 Å². The first kappa shape index (κ1) is 24.5. The Morgan fingerprint density at radius 3 is 2.40 bits per heavy atom. The summed E-state index contributed by atoms with van der Waals surface area (Å²) in [6, 6.07) is 23.0. The number of hydrogen-bond acceptors (Lipinski definition) is 4. The average molecular weight is 489 g/mol. The predicted octanol–water partition coefficient (Wildman–Crippen LogP) is 5.04. The zero-order chi connectivity index (χ0) is 23.7. The van der Waals surface area contributed by atoms with Crippen LogP contribution in [0, 0.1) is 0 Å². The molecule has 2 N–H and O–H groups in total. The molecule has 1 fully saturated rings. The van der Waals surface area contributed by atoms with E-state index in [4.69, 9.17) is 0 Å². The molecular weight excluding hydrogens is 460 g/mol. The van der Waals surface area contributed by atoms with E-state index in [0.717, 1.165) is 47.4 Å². The number of para-hydroxylation sites is 2. The van der Waals surface area contributed by atoms with Gasteiger partial charge in [0.05, 0.1) is 22.9 Å². The Hall–Kier alpha value is -3.61. The van der Waals surface area contributed by atoms with E-state index < -0.39 is 0 Å². The van der Waals surface area contributed by atoms with Gasteiger partial charge >= 0.3 is 0 Å². The molecule has 1 aliphatic rings. The Labute approximate surface area is 211 Å². The minimum Gasteiger partial charge on any atom is -0.378 e. The SMILES string of the molecule is CN(C)c1ccc(C(=O)c2ccccc2-n2cc(NC(=O)[C@@H]3CCCN3)c3ccccc32)cc1.Cl. The number of rotatable bonds is 6. The minimum absolute atomic E-state index is 0. The van der Waals surface area contributed by atoms with Gasteiger partial charge in [-0.2, -0.15) is 0 Å². The molecule has 3 aromatic carbocycles. The molecule has 0 aliphatic carbocycles. The maximum absolute atomic E-state index is 13.5. The Morgan fingerprint density at radius 2 is 1.69 bits per heavy atom. The van der Waals surface area contributed by atoms with Crippen LogP contribution in [-0.2, 0) is 4.79 Å². The van der Waals surface area contributed by atoms with Crippen LogP contribution < -0.4 is 15.5 Å². The number of hydrogen-bond donors (Lipinski definition) is 2. The number of carbonyl (C=O) groups excluding carboxylic acids is 2. The molecule has 0 bridgehead atoms. The molecule has 6 nitrogen and oxygen atoms in total. The van der Waals surface area contributed by atoms with E-state index in [2.05, 4.69) is 10.6 Å². The van der Waals surface area contributed by atoms with E-state index in [1.54, 1.807) is 0 Å². The maximum Gasteiger partial charge on any atom is 0.241 e. The van der Waals surface area contributed by atoms with Crippen molar-refractivity contribution in [1.82, 2.24) is 9.88 Å². The van der Waals surface area contributed by atoms with Gasteiger partial charge in [-0.15, -0.1) is 12.4 Å². The van der Waals surface area contributed by atoms with E-state index in [1.165, 1.54) is 0 Å². The lowest BCUT2D eigenvalue weighted by Gasteiger charge is -2.14. The number of nitrogens with zero attached hydrogens (tertiary/aromatic N) is 2. The largest absolute Gasteiger partial charge is 0.378 e. The number of halogens is 1. The van der Waals surface area contributed by atoms with Crippen LogP contribution in [0.3, 0.4) is 0 Å². The highest BCUT2D eigenvalue weighted by atomic mass is 35.5. The van der Waals surface area contributed by atoms with E-state index >= 15 is 0 Å². The van der Waals surface area contributed by atoms with Crippen molar-refractivity contribution in [2.45, 2.75) is 18.9 Å². The van der Waals surface area contributed by atoms with Crippen molar-refractivity contribution in [2.24, 2.45) is 0 Å². The molecule has 1 aliphatic heterocycles. The van der Waals surface area contributed by atoms with Crippen molar-refractivity contribution < 1.29 is 9.59 Å². The highest BCUT2D eigenvalue weighted by Crippen LogP contribution is 2.31. The van der Waals surface area contributed by atoms with Crippen LogP contribution in [0.4, 0.5) is 11.4 Å². The summed E-state index contributed by atoms with van der Waals surface area (Å²) in [6.07, 6.45) is 3.76. The van der Waals surface area contributed by atoms with Crippen molar-refractivity contribution >= 4 is 46.4 Å². The van der Waals surface area contributed by atoms with Gasteiger partial charge in [0.1, 0.15) is 0 Å². The number of benzene rings is 3. The van der Waals surface area contributed by atoms with E-state index in [-0.39, 0.29) is 30.1 Å². The van der Waals surface area contributed by atoms with Gasteiger partial charge in [-0.1, -0.05) is 30.3 Å². The normalized spacial score (nSPS) is 15.0. The molecule has 0 unspecified atom stereocenters. The standard InChI is InChI=1S/C28H28N4O2.ClH/c1-31(2)20-15-13-19(14-16-20)27(33)22-9-4-6-12-26(22)32-18-24(21-8-3-5-11-25(21)32)30-28(34)23-10-7-17-29-23;/h3-6,8-9,11-16,18,23,29H,7,10,17H2,1-2H3,(H,30,34);1H/t23-;/m0./s1. The second-order valence-electron chi connectivity index (χ2n) is 8.86. The number of aromatic nitrogens is 1. The quantitative estimate of drug-likeness (QED) is 0.373. The lowest BCUT2D eigenvalue weighted by atomic mass is 10.0. The van der Waals surface area contributed by atoms with E-state index in [0.29, 0.717) is 11.1 Å². The third-order valence-corrected chi connectivity index (χ3v) is 6.40.